The van der Waals surface area contributed by atoms with Crippen molar-refractivity contribution in [1.82, 2.24) is 21.5 Å². The fourth-order valence-corrected chi connectivity index (χ4v) is 0.956. The summed E-state index contributed by atoms with van der Waals surface area (Å²) in [6.45, 7) is 6.08. The zero-order valence-corrected chi connectivity index (χ0v) is 9.95. The first-order chi connectivity index (χ1) is 5.85. The van der Waals surface area contributed by atoms with Gasteiger partial charge in [-0.3, -0.25) is 10.9 Å². The molecular weight excluding hydrogens is 204 g/mol. The lowest BCUT2D eigenvalue weighted by molar-refractivity contribution is 0.505. The predicted molar refractivity (Wildman–Crippen MR) is 63.4 cm³/mol. The summed E-state index contributed by atoms with van der Waals surface area (Å²) in [6.07, 6.45) is 0. The summed E-state index contributed by atoms with van der Waals surface area (Å²) in [5.74, 6) is 0. The van der Waals surface area contributed by atoms with E-state index < -0.39 is 0 Å². The van der Waals surface area contributed by atoms with Gasteiger partial charge in [-0.25, -0.2) is 0 Å². The van der Waals surface area contributed by atoms with Crippen LogP contribution < -0.4 is 21.5 Å². The Balaban J connectivity index is 3.71. The van der Waals surface area contributed by atoms with E-state index in [2.05, 4.69) is 21.5 Å². The molecule has 76 valence electrons. The first-order valence-electron chi connectivity index (χ1n) is 3.91. The van der Waals surface area contributed by atoms with Gasteiger partial charge in [-0.15, -0.1) is 0 Å². The van der Waals surface area contributed by atoms with Crippen molar-refractivity contribution in [3.05, 3.63) is 0 Å². The van der Waals surface area contributed by atoms with Crippen molar-refractivity contribution in [1.29, 1.82) is 0 Å². The highest BCUT2D eigenvalue weighted by Crippen LogP contribution is 1.96. The van der Waals surface area contributed by atoms with Gasteiger partial charge in [0.15, 0.2) is 10.2 Å². The van der Waals surface area contributed by atoms with Crippen molar-refractivity contribution in [2.24, 2.45) is 0 Å². The Morgan fingerprint density at radius 3 is 1.85 bits per heavy atom. The Kier molecular flexibility index (Phi) is 4.94. The Morgan fingerprint density at radius 2 is 1.46 bits per heavy atom. The van der Waals surface area contributed by atoms with Gasteiger partial charge in [0, 0.05) is 12.6 Å². The van der Waals surface area contributed by atoms with Crippen LogP contribution in [0.25, 0.3) is 0 Å². The molecule has 0 atom stereocenters. The predicted octanol–water partition coefficient (Wildman–Crippen LogP) is 0.258. The minimum absolute atomic E-state index is 0.0486. The van der Waals surface area contributed by atoms with Gasteiger partial charge in [-0.2, -0.15) is 0 Å². The lowest BCUT2D eigenvalue weighted by atomic mass is 10.1. The molecule has 0 unspecified atom stereocenters. The third-order valence-corrected chi connectivity index (χ3v) is 1.52. The second-order valence-electron chi connectivity index (χ2n) is 3.53. The molecule has 13 heavy (non-hydrogen) atoms. The largest absolute Gasteiger partial charge is 0.364 e. The molecule has 0 aromatic heterocycles. The van der Waals surface area contributed by atoms with Crippen LogP contribution in [0.1, 0.15) is 20.8 Å². The maximum Gasteiger partial charge on any atom is 0.185 e. The van der Waals surface area contributed by atoms with Gasteiger partial charge in [0.2, 0.25) is 0 Å². The molecule has 0 rings (SSSR count). The molecule has 4 N–H and O–H groups in total. The van der Waals surface area contributed by atoms with E-state index in [0.29, 0.717) is 10.2 Å². The molecule has 0 aliphatic carbocycles. The first-order valence-corrected chi connectivity index (χ1v) is 4.72. The van der Waals surface area contributed by atoms with Gasteiger partial charge in [-0.05, 0) is 45.2 Å². The van der Waals surface area contributed by atoms with E-state index in [0.717, 1.165) is 0 Å². The summed E-state index contributed by atoms with van der Waals surface area (Å²) >= 11 is 9.84. The van der Waals surface area contributed by atoms with Crippen molar-refractivity contribution < 1.29 is 0 Å². The van der Waals surface area contributed by atoms with Crippen LogP contribution >= 0.6 is 24.4 Å². The van der Waals surface area contributed by atoms with Crippen LogP contribution in [0.15, 0.2) is 0 Å². The molecule has 4 nitrogen and oxygen atoms in total. The Labute approximate surface area is 89.8 Å². The maximum absolute atomic E-state index is 5.00. The van der Waals surface area contributed by atoms with Crippen LogP contribution in [-0.4, -0.2) is 22.8 Å². The lowest BCUT2D eigenvalue weighted by Crippen LogP contribution is -2.53. The topological polar surface area (TPSA) is 48.1 Å². The van der Waals surface area contributed by atoms with Crippen LogP contribution in [0.2, 0.25) is 0 Å². The van der Waals surface area contributed by atoms with Crippen LogP contribution in [0.4, 0.5) is 0 Å². The number of rotatable bonds is 0. The average molecular weight is 220 g/mol. The standard InChI is InChI=1S/C7H16N4S2/c1-7(2,3)9-6(13)11-10-5(12)8-4/h1-4H3,(H2,8,10,12)(H2,9,11,13). The molecule has 0 aliphatic heterocycles. The second-order valence-corrected chi connectivity index (χ2v) is 4.35. The number of hydrogen-bond donors (Lipinski definition) is 4. The minimum atomic E-state index is -0.0486. The van der Waals surface area contributed by atoms with E-state index in [9.17, 15) is 0 Å². The molecule has 0 aliphatic rings. The zero-order valence-electron chi connectivity index (χ0n) is 8.32. The number of nitrogens with one attached hydrogen (secondary N) is 4. The van der Waals surface area contributed by atoms with E-state index in [1.165, 1.54) is 0 Å². The Hall–Kier alpha value is -0.620. The molecule has 6 heteroatoms. The average Bonchev–Trinajstić information content (AvgIpc) is 1.97. The summed E-state index contributed by atoms with van der Waals surface area (Å²) in [4.78, 5) is 0. The Bertz CT molecular complexity index is 197. The molecule has 0 saturated heterocycles. The molecule has 0 aromatic rings. The molecule has 0 radical (unpaired) electrons. The zero-order chi connectivity index (χ0) is 10.5. The first kappa shape index (κ1) is 12.4. The van der Waals surface area contributed by atoms with E-state index in [1.54, 1.807) is 7.05 Å². The van der Waals surface area contributed by atoms with E-state index in [1.807, 2.05) is 20.8 Å². The normalized spacial score (nSPS) is 10.2. The summed E-state index contributed by atoms with van der Waals surface area (Å²) in [5, 5.41) is 6.84. The number of hydrazine groups is 1. The molecule has 0 saturated carbocycles. The van der Waals surface area contributed by atoms with Gasteiger partial charge in [0.25, 0.3) is 0 Å². The minimum Gasteiger partial charge on any atom is -0.364 e. The summed E-state index contributed by atoms with van der Waals surface area (Å²) in [7, 11) is 1.73. The SMILES string of the molecule is CNC(=S)NNC(=S)NC(C)(C)C. The van der Waals surface area contributed by atoms with Crippen LogP contribution in [0.3, 0.4) is 0 Å². The van der Waals surface area contributed by atoms with Crippen molar-refractivity contribution in [2.75, 3.05) is 7.05 Å². The van der Waals surface area contributed by atoms with Gasteiger partial charge >= 0.3 is 0 Å². The highest BCUT2D eigenvalue weighted by molar-refractivity contribution is 7.80. The van der Waals surface area contributed by atoms with E-state index in [4.69, 9.17) is 24.4 Å². The maximum atomic E-state index is 5.00. The number of hydrogen-bond acceptors (Lipinski definition) is 2. The lowest BCUT2D eigenvalue weighted by Gasteiger charge is -2.23. The fraction of sp³-hybridized carbons (Fsp3) is 0.714. The van der Waals surface area contributed by atoms with Gasteiger partial charge in [-0.1, -0.05) is 0 Å². The molecule has 0 spiro atoms. The molecule has 0 amide bonds. The van der Waals surface area contributed by atoms with Crippen molar-refractivity contribution in [3.8, 4) is 0 Å². The third-order valence-electron chi connectivity index (χ3n) is 1.01. The summed E-state index contributed by atoms with van der Waals surface area (Å²) < 4.78 is 0. The smallest absolute Gasteiger partial charge is 0.185 e. The highest BCUT2D eigenvalue weighted by atomic mass is 32.1. The van der Waals surface area contributed by atoms with Crippen LogP contribution in [0.5, 0.6) is 0 Å². The van der Waals surface area contributed by atoms with Gasteiger partial charge < -0.3 is 10.6 Å². The van der Waals surface area contributed by atoms with E-state index in [-0.39, 0.29) is 5.54 Å². The third kappa shape index (κ3) is 7.73. The number of thiocarbonyl (C=S) groups is 2. The Morgan fingerprint density at radius 1 is 1.00 bits per heavy atom. The highest BCUT2D eigenvalue weighted by Gasteiger charge is 2.10. The molecular formula is C7H16N4S2. The van der Waals surface area contributed by atoms with Crippen LogP contribution in [0, 0.1) is 0 Å². The van der Waals surface area contributed by atoms with Crippen LogP contribution in [-0.2, 0) is 0 Å². The van der Waals surface area contributed by atoms with E-state index >= 15 is 0 Å². The van der Waals surface area contributed by atoms with Gasteiger partial charge in [0.05, 0.1) is 0 Å². The van der Waals surface area contributed by atoms with Crippen molar-refractivity contribution in [2.45, 2.75) is 26.3 Å². The van der Waals surface area contributed by atoms with Crippen molar-refractivity contribution in [3.63, 3.8) is 0 Å². The fourth-order valence-electron chi connectivity index (χ4n) is 0.548. The monoisotopic (exact) mass is 220 g/mol. The summed E-state index contributed by atoms with van der Waals surface area (Å²) in [6, 6.07) is 0. The van der Waals surface area contributed by atoms with Crippen molar-refractivity contribution >= 4 is 34.7 Å². The molecule has 0 aromatic carbocycles. The molecule has 0 fully saturated rings. The molecule has 0 bridgehead atoms. The second kappa shape index (κ2) is 5.18. The quantitative estimate of drug-likeness (QED) is 0.347. The molecule has 0 heterocycles. The summed E-state index contributed by atoms with van der Waals surface area (Å²) in [5.41, 5.74) is 5.43. The van der Waals surface area contributed by atoms with Gasteiger partial charge in [0.1, 0.15) is 0 Å².